The minimum absolute atomic E-state index is 0.141. The highest BCUT2D eigenvalue weighted by Gasteiger charge is 2.38. The number of rotatable bonds is 3. The monoisotopic (exact) mass is 209 g/mol. The summed E-state index contributed by atoms with van der Waals surface area (Å²) in [5.74, 6) is -2.41. The van der Waals surface area contributed by atoms with E-state index < -0.39 is 18.6 Å². The molecule has 0 aliphatic heterocycles. The molecule has 0 atom stereocenters. The second kappa shape index (κ2) is 4.78. The Morgan fingerprint density at radius 1 is 1.36 bits per heavy atom. The highest BCUT2D eigenvalue weighted by Crippen LogP contribution is 2.14. The molecule has 0 saturated heterocycles. The van der Waals surface area contributed by atoms with Crippen LogP contribution >= 0.6 is 0 Å². The molecule has 0 saturated carbocycles. The zero-order valence-corrected chi connectivity index (χ0v) is 7.73. The normalized spacial score (nSPS) is 12.5. The summed E-state index contributed by atoms with van der Waals surface area (Å²) in [5.41, 5.74) is 0.141. The van der Waals surface area contributed by atoms with Gasteiger partial charge >= 0.3 is 12.1 Å². The van der Waals surface area contributed by atoms with Gasteiger partial charge in [0.1, 0.15) is 0 Å². The van der Waals surface area contributed by atoms with Gasteiger partial charge < -0.3 is 5.32 Å². The standard InChI is InChI=1S/C8H10F3NO2/c1-3-6(5(2)13)4-12-7(14)8(9,10)11/h3H,4H2,1-2H3,(H,12,14)/b6-3-. The lowest BCUT2D eigenvalue weighted by Gasteiger charge is -2.08. The van der Waals surface area contributed by atoms with E-state index in [1.807, 2.05) is 0 Å². The second-order valence-electron chi connectivity index (χ2n) is 2.55. The van der Waals surface area contributed by atoms with Gasteiger partial charge in [-0.1, -0.05) is 6.08 Å². The van der Waals surface area contributed by atoms with Crippen LogP contribution < -0.4 is 5.32 Å². The van der Waals surface area contributed by atoms with E-state index in [0.29, 0.717) is 0 Å². The van der Waals surface area contributed by atoms with Gasteiger partial charge in [-0.2, -0.15) is 13.2 Å². The van der Waals surface area contributed by atoms with Crippen LogP contribution in [0.1, 0.15) is 13.8 Å². The van der Waals surface area contributed by atoms with Crippen LogP contribution in [0.2, 0.25) is 0 Å². The number of alkyl halides is 3. The van der Waals surface area contributed by atoms with Crippen molar-refractivity contribution in [3.05, 3.63) is 11.6 Å². The molecule has 0 aromatic heterocycles. The van der Waals surface area contributed by atoms with E-state index in [1.165, 1.54) is 19.9 Å². The first-order chi connectivity index (χ1) is 6.29. The van der Waals surface area contributed by atoms with Gasteiger partial charge in [0.2, 0.25) is 0 Å². The van der Waals surface area contributed by atoms with Crippen molar-refractivity contribution in [2.24, 2.45) is 0 Å². The molecule has 0 radical (unpaired) electrons. The Bertz CT molecular complexity index is 268. The highest BCUT2D eigenvalue weighted by molar-refractivity contribution is 5.94. The molecule has 0 rings (SSSR count). The molecule has 80 valence electrons. The summed E-state index contributed by atoms with van der Waals surface area (Å²) < 4.78 is 35.1. The smallest absolute Gasteiger partial charge is 0.344 e. The third-order valence-corrected chi connectivity index (χ3v) is 1.50. The lowest BCUT2D eigenvalue weighted by atomic mass is 10.2. The molecule has 14 heavy (non-hydrogen) atoms. The maximum absolute atomic E-state index is 11.7. The van der Waals surface area contributed by atoms with Gasteiger partial charge in [0.05, 0.1) is 0 Å². The van der Waals surface area contributed by atoms with E-state index in [-0.39, 0.29) is 11.4 Å². The van der Waals surface area contributed by atoms with Gasteiger partial charge in [-0.3, -0.25) is 9.59 Å². The average molecular weight is 209 g/mol. The maximum atomic E-state index is 11.7. The summed E-state index contributed by atoms with van der Waals surface area (Å²) in [6.07, 6.45) is -3.55. The van der Waals surface area contributed by atoms with Crippen molar-refractivity contribution in [1.29, 1.82) is 0 Å². The number of Topliss-reactive ketones (excluding diaryl/α,β-unsaturated/α-hetero) is 1. The number of hydrogen-bond acceptors (Lipinski definition) is 2. The molecule has 0 bridgehead atoms. The summed E-state index contributed by atoms with van der Waals surface area (Å²) >= 11 is 0. The maximum Gasteiger partial charge on any atom is 0.471 e. The van der Waals surface area contributed by atoms with Gasteiger partial charge in [-0.25, -0.2) is 0 Å². The number of allylic oxidation sites excluding steroid dienone is 1. The molecule has 0 aromatic rings. The Morgan fingerprint density at radius 2 is 1.86 bits per heavy atom. The number of hydrogen-bond donors (Lipinski definition) is 1. The summed E-state index contributed by atoms with van der Waals surface area (Å²) in [6.45, 7) is 2.33. The Kier molecular flexibility index (Phi) is 4.33. The van der Waals surface area contributed by atoms with E-state index in [9.17, 15) is 22.8 Å². The van der Waals surface area contributed by atoms with Crippen LogP contribution in [0.3, 0.4) is 0 Å². The van der Waals surface area contributed by atoms with Crippen LogP contribution in [-0.2, 0) is 9.59 Å². The highest BCUT2D eigenvalue weighted by atomic mass is 19.4. The SMILES string of the molecule is C/C=C(/CNC(=O)C(F)(F)F)C(C)=O. The molecule has 0 aliphatic rings. The minimum atomic E-state index is -4.91. The topological polar surface area (TPSA) is 46.2 Å². The van der Waals surface area contributed by atoms with Gasteiger partial charge in [0.15, 0.2) is 5.78 Å². The number of carbonyl (C=O) groups excluding carboxylic acids is 2. The first-order valence-corrected chi connectivity index (χ1v) is 3.80. The van der Waals surface area contributed by atoms with E-state index >= 15 is 0 Å². The fraction of sp³-hybridized carbons (Fsp3) is 0.500. The Balaban J connectivity index is 4.20. The molecule has 0 aromatic carbocycles. The molecule has 0 fully saturated rings. The zero-order valence-electron chi connectivity index (χ0n) is 7.73. The number of nitrogens with one attached hydrogen (secondary N) is 1. The molecule has 1 amide bonds. The fourth-order valence-corrected chi connectivity index (χ4v) is 0.706. The lowest BCUT2D eigenvalue weighted by molar-refractivity contribution is -0.173. The van der Waals surface area contributed by atoms with Crippen molar-refractivity contribution in [3.8, 4) is 0 Å². The molecular formula is C8H10F3NO2. The quantitative estimate of drug-likeness (QED) is 0.710. The van der Waals surface area contributed by atoms with E-state index in [2.05, 4.69) is 0 Å². The molecule has 0 heterocycles. The van der Waals surface area contributed by atoms with Gasteiger partial charge in [-0.05, 0) is 13.8 Å². The van der Waals surface area contributed by atoms with Crippen LogP contribution in [0.4, 0.5) is 13.2 Å². The van der Waals surface area contributed by atoms with Crippen molar-refractivity contribution >= 4 is 11.7 Å². The largest absolute Gasteiger partial charge is 0.471 e. The van der Waals surface area contributed by atoms with Crippen molar-refractivity contribution in [2.75, 3.05) is 6.54 Å². The van der Waals surface area contributed by atoms with E-state index in [4.69, 9.17) is 0 Å². The molecular weight excluding hydrogens is 199 g/mol. The molecule has 3 nitrogen and oxygen atoms in total. The van der Waals surface area contributed by atoms with Gasteiger partial charge in [-0.15, -0.1) is 0 Å². The van der Waals surface area contributed by atoms with Crippen molar-refractivity contribution in [2.45, 2.75) is 20.0 Å². The number of halogens is 3. The number of ketones is 1. The predicted octanol–water partition coefficient (Wildman–Crippen LogP) is 1.20. The van der Waals surface area contributed by atoms with E-state index in [1.54, 1.807) is 5.32 Å². The lowest BCUT2D eigenvalue weighted by Crippen LogP contribution is -2.38. The molecule has 6 heteroatoms. The Morgan fingerprint density at radius 3 is 2.14 bits per heavy atom. The van der Waals surface area contributed by atoms with Gasteiger partial charge in [0.25, 0.3) is 0 Å². The van der Waals surface area contributed by atoms with Gasteiger partial charge in [0, 0.05) is 12.1 Å². The summed E-state index contributed by atoms with van der Waals surface area (Å²) in [4.78, 5) is 21.1. The van der Waals surface area contributed by atoms with Crippen LogP contribution in [0.5, 0.6) is 0 Å². The summed E-state index contributed by atoms with van der Waals surface area (Å²) in [6, 6.07) is 0. The minimum Gasteiger partial charge on any atom is -0.344 e. The van der Waals surface area contributed by atoms with E-state index in [0.717, 1.165) is 0 Å². The van der Waals surface area contributed by atoms with Crippen LogP contribution in [0.25, 0.3) is 0 Å². The van der Waals surface area contributed by atoms with Crippen LogP contribution in [-0.4, -0.2) is 24.4 Å². The van der Waals surface area contributed by atoms with Crippen LogP contribution in [0.15, 0.2) is 11.6 Å². The van der Waals surface area contributed by atoms with Crippen molar-refractivity contribution in [3.63, 3.8) is 0 Å². The molecule has 0 unspecified atom stereocenters. The third kappa shape index (κ3) is 4.06. The van der Waals surface area contributed by atoms with Crippen molar-refractivity contribution < 1.29 is 22.8 Å². The average Bonchev–Trinajstić information content (AvgIpc) is 2.02. The zero-order chi connectivity index (χ0) is 11.4. The first kappa shape index (κ1) is 12.7. The predicted molar refractivity (Wildman–Crippen MR) is 43.5 cm³/mol. The van der Waals surface area contributed by atoms with Crippen LogP contribution in [0, 0.1) is 0 Å². The summed E-state index contributed by atoms with van der Waals surface area (Å²) in [5, 5.41) is 1.60. The second-order valence-corrected chi connectivity index (χ2v) is 2.55. The summed E-state index contributed by atoms with van der Waals surface area (Å²) in [7, 11) is 0. The molecule has 1 N–H and O–H groups in total. The Labute approximate surface area is 79.0 Å². The third-order valence-electron chi connectivity index (χ3n) is 1.50. The first-order valence-electron chi connectivity index (χ1n) is 3.80. The molecule has 0 spiro atoms. The number of amides is 1. The Hall–Kier alpha value is -1.33. The fourth-order valence-electron chi connectivity index (χ4n) is 0.706. The van der Waals surface area contributed by atoms with Crippen molar-refractivity contribution in [1.82, 2.24) is 5.32 Å². The number of carbonyl (C=O) groups is 2. The molecule has 0 aliphatic carbocycles.